The molecule has 0 saturated carbocycles. The van der Waals surface area contributed by atoms with E-state index in [1.165, 1.54) is 28.1 Å². The molecule has 0 aliphatic heterocycles. The molecule has 0 aliphatic carbocycles. The highest BCUT2D eigenvalue weighted by atomic mass is 32.1. The Morgan fingerprint density at radius 3 is 3.00 bits per heavy atom. The van der Waals surface area contributed by atoms with Gasteiger partial charge in [-0.2, -0.15) is 9.61 Å². The molecule has 3 heterocycles. The second-order valence-electron chi connectivity index (χ2n) is 4.37. The van der Waals surface area contributed by atoms with Gasteiger partial charge in [-0.3, -0.25) is 9.48 Å². The Labute approximate surface area is 118 Å². The Bertz CT molecular complexity index is 802. The van der Waals surface area contributed by atoms with Crippen LogP contribution in [-0.4, -0.2) is 24.4 Å². The Kier molecular flexibility index (Phi) is 3.23. The van der Waals surface area contributed by atoms with Gasteiger partial charge < -0.3 is 5.32 Å². The lowest BCUT2D eigenvalue weighted by molar-refractivity contribution is 0.746. The SMILES string of the molecule is CCc1nn(C)cc1CNc1nn2c(=O)ccnc2s1. The number of anilines is 1. The standard InChI is InChI=1S/C12H14N6OS/c1-3-9-8(7-17(2)15-9)6-14-11-16-18-10(19)4-5-13-12(18)20-11/h4-5,7H,3,6H2,1-2H3,(H,14,16). The summed E-state index contributed by atoms with van der Waals surface area (Å²) in [6, 6.07) is 1.40. The van der Waals surface area contributed by atoms with E-state index in [-0.39, 0.29) is 5.56 Å². The Hall–Kier alpha value is -2.22. The molecule has 1 N–H and O–H groups in total. The minimum Gasteiger partial charge on any atom is -0.356 e. The molecule has 104 valence electrons. The van der Waals surface area contributed by atoms with Crippen LogP contribution in [0.4, 0.5) is 5.13 Å². The number of fused-ring (bicyclic) bond motifs is 1. The first-order valence-corrected chi connectivity index (χ1v) is 7.09. The fourth-order valence-electron chi connectivity index (χ4n) is 2.01. The average molecular weight is 290 g/mol. The highest BCUT2D eigenvalue weighted by molar-refractivity contribution is 7.20. The molecule has 7 nitrogen and oxygen atoms in total. The van der Waals surface area contributed by atoms with Crippen molar-refractivity contribution in [3.63, 3.8) is 0 Å². The van der Waals surface area contributed by atoms with Crippen molar-refractivity contribution >= 4 is 21.4 Å². The van der Waals surface area contributed by atoms with Gasteiger partial charge in [-0.15, -0.1) is 5.10 Å². The number of rotatable bonds is 4. The van der Waals surface area contributed by atoms with E-state index in [1.54, 1.807) is 4.68 Å². The Morgan fingerprint density at radius 1 is 1.40 bits per heavy atom. The molecule has 8 heteroatoms. The van der Waals surface area contributed by atoms with E-state index in [9.17, 15) is 4.79 Å². The molecule has 0 unspecified atom stereocenters. The van der Waals surface area contributed by atoms with Crippen LogP contribution in [0.2, 0.25) is 0 Å². The molecule has 3 aromatic heterocycles. The molecule has 0 aromatic carbocycles. The van der Waals surface area contributed by atoms with Crippen molar-refractivity contribution in [2.24, 2.45) is 7.05 Å². The molecule has 3 rings (SSSR count). The summed E-state index contributed by atoms with van der Waals surface area (Å²) in [6.07, 6.45) is 4.37. The number of hydrogen-bond donors (Lipinski definition) is 1. The van der Waals surface area contributed by atoms with Gasteiger partial charge in [-0.1, -0.05) is 18.3 Å². The summed E-state index contributed by atoms with van der Waals surface area (Å²) in [5.41, 5.74) is 2.03. The van der Waals surface area contributed by atoms with Crippen molar-refractivity contribution in [2.45, 2.75) is 19.9 Å². The molecule has 0 radical (unpaired) electrons. The smallest absolute Gasteiger partial charge is 0.275 e. The van der Waals surface area contributed by atoms with Crippen LogP contribution in [0.5, 0.6) is 0 Å². The first-order valence-electron chi connectivity index (χ1n) is 6.27. The highest BCUT2D eigenvalue weighted by Crippen LogP contribution is 2.17. The second-order valence-corrected chi connectivity index (χ2v) is 5.32. The lowest BCUT2D eigenvalue weighted by atomic mass is 10.2. The molecule has 0 fully saturated rings. The van der Waals surface area contributed by atoms with Gasteiger partial charge in [0.1, 0.15) is 0 Å². The number of aryl methyl sites for hydroxylation is 2. The van der Waals surface area contributed by atoms with Crippen molar-refractivity contribution in [1.82, 2.24) is 24.4 Å². The predicted molar refractivity (Wildman–Crippen MR) is 77.0 cm³/mol. The van der Waals surface area contributed by atoms with E-state index < -0.39 is 0 Å². The van der Waals surface area contributed by atoms with Crippen molar-refractivity contribution in [1.29, 1.82) is 0 Å². The zero-order valence-corrected chi connectivity index (χ0v) is 12.0. The molecule has 20 heavy (non-hydrogen) atoms. The van der Waals surface area contributed by atoms with Gasteiger partial charge in [-0.25, -0.2) is 4.98 Å². The van der Waals surface area contributed by atoms with Crippen LogP contribution in [0.25, 0.3) is 4.96 Å². The predicted octanol–water partition coefficient (Wildman–Crippen LogP) is 1.06. The third-order valence-electron chi connectivity index (χ3n) is 2.93. The van der Waals surface area contributed by atoms with Crippen LogP contribution in [0.1, 0.15) is 18.2 Å². The third-order valence-corrected chi connectivity index (χ3v) is 3.81. The highest BCUT2D eigenvalue weighted by Gasteiger charge is 2.08. The van der Waals surface area contributed by atoms with Gasteiger partial charge in [0.15, 0.2) is 0 Å². The summed E-state index contributed by atoms with van der Waals surface area (Å²) >= 11 is 1.35. The molecule has 0 bridgehead atoms. The van der Waals surface area contributed by atoms with E-state index in [4.69, 9.17) is 0 Å². The van der Waals surface area contributed by atoms with E-state index in [2.05, 4.69) is 27.4 Å². The summed E-state index contributed by atoms with van der Waals surface area (Å²) in [5, 5.41) is 12.5. The maximum Gasteiger partial charge on any atom is 0.275 e. The first kappa shape index (κ1) is 12.8. The zero-order chi connectivity index (χ0) is 14.1. The van der Waals surface area contributed by atoms with E-state index in [0.29, 0.717) is 16.6 Å². The number of aromatic nitrogens is 5. The third kappa shape index (κ3) is 2.29. The number of nitrogens with one attached hydrogen (secondary N) is 1. The fraction of sp³-hybridized carbons (Fsp3) is 0.333. The van der Waals surface area contributed by atoms with Crippen LogP contribution < -0.4 is 10.9 Å². The summed E-state index contributed by atoms with van der Waals surface area (Å²) in [7, 11) is 1.91. The average Bonchev–Trinajstić information content (AvgIpc) is 3.00. The van der Waals surface area contributed by atoms with Crippen LogP contribution >= 0.6 is 11.3 Å². The van der Waals surface area contributed by atoms with Crippen LogP contribution in [0.3, 0.4) is 0 Å². The van der Waals surface area contributed by atoms with E-state index in [0.717, 1.165) is 17.7 Å². The molecule has 0 saturated heterocycles. The van der Waals surface area contributed by atoms with Gasteiger partial charge >= 0.3 is 0 Å². The second kappa shape index (κ2) is 5.04. The van der Waals surface area contributed by atoms with Crippen molar-refractivity contribution in [3.8, 4) is 0 Å². The Balaban J connectivity index is 1.83. The van der Waals surface area contributed by atoms with E-state index in [1.807, 2.05) is 13.2 Å². The van der Waals surface area contributed by atoms with Gasteiger partial charge in [0.2, 0.25) is 10.1 Å². The fourth-order valence-corrected chi connectivity index (χ4v) is 2.79. The summed E-state index contributed by atoms with van der Waals surface area (Å²) < 4.78 is 3.11. The molecule has 3 aromatic rings. The molecular formula is C12H14N6OS. The van der Waals surface area contributed by atoms with Crippen molar-refractivity contribution in [3.05, 3.63) is 40.1 Å². The van der Waals surface area contributed by atoms with Gasteiger partial charge in [0, 0.05) is 37.6 Å². The molecule has 0 aliphatic rings. The largest absolute Gasteiger partial charge is 0.356 e. The molecule has 0 amide bonds. The minimum atomic E-state index is -0.171. The van der Waals surface area contributed by atoms with Gasteiger partial charge in [0.05, 0.1) is 5.69 Å². The molecule has 0 spiro atoms. The van der Waals surface area contributed by atoms with Gasteiger partial charge in [-0.05, 0) is 6.42 Å². The summed E-state index contributed by atoms with van der Waals surface area (Å²) in [6.45, 7) is 2.71. The van der Waals surface area contributed by atoms with E-state index >= 15 is 0 Å². The lowest BCUT2D eigenvalue weighted by Crippen LogP contribution is -2.12. The first-order chi connectivity index (χ1) is 9.67. The number of nitrogens with zero attached hydrogens (tertiary/aromatic N) is 5. The van der Waals surface area contributed by atoms with Crippen LogP contribution in [0.15, 0.2) is 23.3 Å². The summed E-state index contributed by atoms with van der Waals surface area (Å²) in [4.78, 5) is 16.3. The van der Waals surface area contributed by atoms with Crippen molar-refractivity contribution in [2.75, 3.05) is 5.32 Å². The molecule has 0 atom stereocenters. The van der Waals surface area contributed by atoms with Crippen LogP contribution in [0, 0.1) is 0 Å². The minimum absolute atomic E-state index is 0.171. The Morgan fingerprint density at radius 2 is 2.25 bits per heavy atom. The maximum atomic E-state index is 11.6. The number of hydrogen-bond acceptors (Lipinski definition) is 6. The monoisotopic (exact) mass is 290 g/mol. The summed E-state index contributed by atoms with van der Waals surface area (Å²) in [5.74, 6) is 0. The molecular weight excluding hydrogens is 276 g/mol. The normalized spacial score (nSPS) is 11.1. The van der Waals surface area contributed by atoms with Gasteiger partial charge in [0.25, 0.3) is 5.56 Å². The van der Waals surface area contributed by atoms with Crippen LogP contribution in [-0.2, 0) is 20.0 Å². The topological polar surface area (TPSA) is 77.1 Å². The zero-order valence-electron chi connectivity index (χ0n) is 11.2. The van der Waals surface area contributed by atoms with Crippen molar-refractivity contribution < 1.29 is 0 Å². The maximum absolute atomic E-state index is 11.6. The quantitative estimate of drug-likeness (QED) is 0.777. The lowest BCUT2D eigenvalue weighted by Gasteiger charge is -2.00.